The monoisotopic (exact) mass is 204 g/mol. The first-order valence-corrected chi connectivity index (χ1v) is 5.38. The third-order valence-electron chi connectivity index (χ3n) is 2.82. The van der Waals surface area contributed by atoms with E-state index in [1.807, 2.05) is 18.2 Å². The first-order chi connectivity index (χ1) is 7.18. The Balaban J connectivity index is 1.93. The second kappa shape index (κ2) is 4.15. The molecule has 0 amide bonds. The Labute approximate surface area is 90.3 Å². The lowest BCUT2D eigenvalue weighted by molar-refractivity contribution is -0.117. The van der Waals surface area contributed by atoms with Crippen LogP contribution < -0.4 is 0 Å². The molecule has 15 heavy (non-hydrogen) atoms. The van der Waals surface area contributed by atoms with Gasteiger partial charge >= 0.3 is 0 Å². The molecule has 0 spiro atoms. The lowest BCUT2D eigenvalue weighted by Gasteiger charge is -2.04. The van der Waals surface area contributed by atoms with Gasteiger partial charge in [0.05, 0.1) is 6.10 Å². The van der Waals surface area contributed by atoms with Gasteiger partial charge in [0, 0.05) is 6.42 Å². The van der Waals surface area contributed by atoms with Crippen molar-refractivity contribution in [3.8, 4) is 0 Å². The van der Waals surface area contributed by atoms with Gasteiger partial charge in [-0.3, -0.25) is 0 Å². The van der Waals surface area contributed by atoms with Gasteiger partial charge in [0.15, 0.2) is 0 Å². The zero-order chi connectivity index (χ0) is 10.8. The van der Waals surface area contributed by atoms with Crippen LogP contribution in [-0.2, 0) is 9.53 Å². The molecule has 1 aromatic carbocycles. The fourth-order valence-corrected chi connectivity index (χ4v) is 2.04. The molecule has 2 nitrogen and oxygen atoms in total. The molecule has 2 rings (SSSR count). The lowest BCUT2D eigenvalue weighted by atomic mass is 9.97. The molecule has 0 saturated carbocycles. The average molecular weight is 204 g/mol. The molecule has 2 heteroatoms. The second-order valence-electron chi connectivity index (χ2n) is 4.32. The number of hydrogen-bond donors (Lipinski definition) is 0. The molecule has 1 heterocycles. The molecule has 0 N–H and O–H groups in total. The van der Waals surface area contributed by atoms with Gasteiger partial charge in [-0.1, -0.05) is 37.3 Å². The summed E-state index contributed by atoms with van der Waals surface area (Å²) in [5.41, 5.74) is 1.22. The molecule has 0 bridgehead atoms. The van der Waals surface area contributed by atoms with Gasteiger partial charge in [-0.15, -0.1) is 0 Å². The van der Waals surface area contributed by atoms with Crippen molar-refractivity contribution in [3.63, 3.8) is 0 Å². The summed E-state index contributed by atoms with van der Waals surface area (Å²) in [6, 6.07) is 10.2. The standard InChI is InChI=1S/C13H16O2/c1-9(8-10(2)14)12-13(15-12)11-6-4-3-5-7-11/h3-7,9,12-13H,8H2,1-2H3/t9-,12+,13+/m0/s1. The van der Waals surface area contributed by atoms with E-state index in [-0.39, 0.29) is 18.0 Å². The maximum atomic E-state index is 11.0. The maximum absolute atomic E-state index is 11.0. The summed E-state index contributed by atoms with van der Waals surface area (Å²) in [5, 5.41) is 0. The van der Waals surface area contributed by atoms with Crippen LogP contribution >= 0.6 is 0 Å². The Bertz CT molecular complexity index is 345. The minimum Gasteiger partial charge on any atom is -0.364 e. The molecule has 80 valence electrons. The first-order valence-electron chi connectivity index (χ1n) is 5.38. The van der Waals surface area contributed by atoms with Crippen LogP contribution in [0.25, 0.3) is 0 Å². The van der Waals surface area contributed by atoms with Crippen molar-refractivity contribution < 1.29 is 9.53 Å². The number of Topliss-reactive ketones (excluding diaryl/α,β-unsaturated/α-hetero) is 1. The highest BCUT2D eigenvalue weighted by molar-refractivity contribution is 5.75. The first kappa shape index (κ1) is 10.4. The third kappa shape index (κ3) is 2.45. The summed E-state index contributed by atoms with van der Waals surface area (Å²) in [4.78, 5) is 11.0. The molecule has 0 radical (unpaired) electrons. The number of hydrogen-bond acceptors (Lipinski definition) is 2. The maximum Gasteiger partial charge on any atom is 0.130 e. The minimum absolute atomic E-state index is 0.209. The molecule has 0 aliphatic carbocycles. The number of epoxide rings is 1. The number of ether oxygens (including phenoxy) is 1. The summed E-state index contributed by atoms with van der Waals surface area (Å²) >= 11 is 0. The van der Waals surface area contributed by atoms with E-state index in [1.165, 1.54) is 5.56 Å². The average Bonchev–Trinajstić information content (AvgIpc) is 2.97. The SMILES string of the molecule is CC(=O)C[C@H](C)[C@H]1O[C@@H]1c1ccccc1. The Morgan fingerprint density at radius 3 is 2.67 bits per heavy atom. The molecular formula is C13H16O2. The van der Waals surface area contributed by atoms with Gasteiger partial charge in [0.1, 0.15) is 11.9 Å². The number of rotatable bonds is 4. The normalized spacial score (nSPS) is 26.0. The van der Waals surface area contributed by atoms with Crippen molar-refractivity contribution in [2.24, 2.45) is 5.92 Å². The molecule has 1 fully saturated rings. The van der Waals surface area contributed by atoms with E-state index in [9.17, 15) is 4.79 Å². The molecule has 0 aromatic heterocycles. The van der Waals surface area contributed by atoms with Crippen molar-refractivity contribution in [1.82, 2.24) is 0 Å². The topological polar surface area (TPSA) is 29.6 Å². The largest absolute Gasteiger partial charge is 0.364 e. The molecule has 0 unspecified atom stereocenters. The molecule has 1 aliphatic heterocycles. The Kier molecular flexibility index (Phi) is 2.87. The minimum atomic E-state index is 0.209. The van der Waals surface area contributed by atoms with E-state index < -0.39 is 0 Å². The van der Waals surface area contributed by atoms with Crippen molar-refractivity contribution >= 4 is 5.78 Å². The highest BCUT2D eigenvalue weighted by Gasteiger charge is 2.43. The molecule has 1 aromatic rings. The van der Waals surface area contributed by atoms with Crippen LogP contribution in [0.4, 0.5) is 0 Å². The van der Waals surface area contributed by atoms with Gasteiger partial charge in [-0.05, 0) is 18.4 Å². The lowest BCUT2D eigenvalue weighted by Crippen LogP contribution is -2.08. The third-order valence-corrected chi connectivity index (χ3v) is 2.82. The van der Waals surface area contributed by atoms with Crippen molar-refractivity contribution in [1.29, 1.82) is 0 Å². The molecule has 1 saturated heterocycles. The van der Waals surface area contributed by atoms with E-state index in [4.69, 9.17) is 4.74 Å². The Morgan fingerprint density at radius 1 is 1.40 bits per heavy atom. The highest BCUT2D eigenvalue weighted by atomic mass is 16.6. The van der Waals surface area contributed by atoms with Crippen LogP contribution in [0, 0.1) is 5.92 Å². The Morgan fingerprint density at radius 2 is 2.07 bits per heavy atom. The number of carbonyl (C=O) groups excluding carboxylic acids is 1. The summed E-state index contributed by atoms with van der Waals surface area (Å²) in [6.45, 7) is 3.71. The van der Waals surface area contributed by atoms with Crippen molar-refractivity contribution in [3.05, 3.63) is 35.9 Å². The molecule has 1 aliphatic rings. The zero-order valence-corrected chi connectivity index (χ0v) is 9.14. The van der Waals surface area contributed by atoms with Crippen molar-refractivity contribution in [2.75, 3.05) is 0 Å². The predicted molar refractivity (Wildman–Crippen MR) is 58.5 cm³/mol. The summed E-state index contributed by atoms with van der Waals surface area (Å²) < 4.78 is 5.61. The van der Waals surface area contributed by atoms with Gasteiger partial charge < -0.3 is 9.53 Å². The summed E-state index contributed by atoms with van der Waals surface area (Å²) in [6.07, 6.45) is 1.06. The molecule has 3 atom stereocenters. The number of carbonyl (C=O) groups is 1. The van der Waals surface area contributed by atoms with E-state index in [0.717, 1.165) is 0 Å². The van der Waals surface area contributed by atoms with Crippen LogP contribution in [0.3, 0.4) is 0 Å². The van der Waals surface area contributed by atoms with Crippen LogP contribution in [0.15, 0.2) is 30.3 Å². The summed E-state index contributed by atoms with van der Waals surface area (Å²) in [7, 11) is 0. The number of ketones is 1. The van der Waals surface area contributed by atoms with E-state index in [1.54, 1.807) is 6.92 Å². The molecular weight excluding hydrogens is 188 g/mol. The number of benzene rings is 1. The van der Waals surface area contributed by atoms with Crippen LogP contribution in [0.2, 0.25) is 0 Å². The van der Waals surface area contributed by atoms with E-state index in [0.29, 0.717) is 12.3 Å². The zero-order valence-electron chi connectivity index (χ0n) is 9.14. The second-order valence-corrected chi connectivity index (χ2v) is 4.32. The van der Waals surface area contributed by atoms with Crippen molar-refractivity contribution in [2.45, 2.75) is 32.5 Å². The quantitative estimate of drug-likeness (QED) is 0.706. The van der Waals surface area contributed by atoms with Crippen LogP contribution in [-0.4, -0.2) is 11.9 Å². The van der Waals surface area contributed by atoms with Crippen LogP contribution in [0.5, 0.6) is 0 Å². The Hall–Kier alpha value is -1.15. The fraction of sp³-hybridized carbons (Fsp3) is 0.462. The smallest absolute Gasteiger partial charge is 0.130 e. The van der Waals surface area contributed by atoms with E-state index >= 15 is 0 Å². The van der Waals surface area contributed by atoms with Gasteiger partial charge in [0.25, 0.3) is 0 Å². The van der Waals surface area contributed by atoms with Crippen LogP contribution in [0.1, 0.15) is 31.9 Å². The summed E-state index contributed by atoms with van der Waals surface area (Å²) in [5.74, 6) is 0.567. The predicted octanol–water partition coefficient (Wildman–Crippen LogP) is 2.74. The van der Waals surface area contributed by atoms with Gasteiger partial charge in [-0.2, -0.15) is 0 Å². The van der Waals surface area contributed by atoms with Gasteiger partial charge in [-0.25, -0.2) is 0 Å². The van der Waals surface area contributed by atoms with Gasteiger partial charge in [0.2, 0.25) is 0 Å². The highest BCUT2D eigenvalue weighted by Crippen LogP contribution is 2.43. The van der Waals surface area contributed by atoms with E-state index in [2.05, 4.69) is 19.1 Å². The fourth-order valence-electron chi connectivity index (χ4n) is 2.04.